The lowest BCUT2D eigenvalue weighted by molar-refractivity contribution is 0.601. The zero-order chi connectivity index (χ0) is 16.2. The number of hydrogen-bond acceptors (Lipinski definition) is 4. The second-order valence-corrected chi connectivity index (χ2v) is 6.71. The molecule has 0 aliphatic rings. The molecular weight excluding hydrogens is 322 g/mol. The van der Waals surface area contributed by atoms with Gasteiger partial charge in [0.05, 0.1) is 16.8 Å². The Hall–Kier alpha value is -2.05. The van der Waals surface area contributed by atoms with E-state index < -0.39 is 10.0 Å². The first-order chi connectivity index (χ1) is 10.4. The van der Waals surface area contributed by atoms with Gasteiger partial charge in [0.2, 0.25) is 0 Å². The van der Waals surface area contributed by atoms with Crippen LogP contribution in [0.25, 0.3) is 0 Å². The molecule has 1 heterocycles. The number of rotatable bonds is 6. The molecule has 0 radical (unpaired) electrons. The predicted octanol–water partition coefficient (Wildman–Crippen LogP) is 3.44. The average molecular weight is 338 g/mol. The van der Waals surface area contributed by atoms with Gasteiger partial charge in [-0.2, -0.15) is 0 Å². The van der Waals surface area contributed by atoms with Crippen LogP contribution in [0.15, 0.2) is 54.1 Å². The molecular formula is C15H16ClN3O2S. The van der Waals surface area contributed by atoms with Crippen LogP contribution in [-0.4, -0.2) is 19.9 Å². The average Bonchev–Trinajstić information content (AvgIpc) is 2.49. The second kappa shape index (κ2) is 6.81. The van der Waals surface area contributed by atoms with Crippen LogP contribution < -0.4 is 10.0 Å². The van der Waals surface area contributed by atoms with Crippen LogP contribution in [0.2, 0.25) is 5.02 Å². The highest BCUT2D eigenvalue weighted by Crippen LogP contribution is 2.21. The summed E-state index contributed by atoms with van der Waals surface area (Å²) in [6.07, 6.45) is 3.16. The molecule has 0 aliphatic heterocycles. The van der Waals surface area contributed by atoms with Gasteiger partial charge in [0.25, 0.3) is 10.0 Å². The van der Waals surface area contributed by atoms with E-state index in [1.807, 2.05) is 0 Å². The van der Waals surface area contributed by atoms with Crippen molar-refractivity contribution >= 4 is 33.1 Å². The number of hydrogen-bond donors (Lipinski definition) is 2. The van der Waals surface area contributed by atoms with Crippen LogP contribution in [0.3, 0.4) is 0 Å². The Morgan fingerprint density at radius 2 is 2.09 bits per heavy atom. The van der Waals surface area contributed by atoms with Crippen molar-refractivity contribution in [1.82, 2.24) is 4.98 Å². The first-order valence-corrected chi connectivity index (χ1v) is 8.38. The summed E-state index contributed by atoms with van der Waals surface area (Å²) in [6, 6.07) is 7.88. The summed E-state index contributed by atoms with van der Waals surface area (Å²) in [5.74, 6) is 0.644. The summed E-state index contributed by atoms with van der Waals surface area (Å²) in [6.45, 7) is 5.94. The molecule has 0 unspecified atom stereocenters. The van der Waals surface area contributed by atoms with Crippen molar-refractivity contribution in [3.63, 3.8) is 0 Å². The van der Waals surface area contributed by atoms with Crippen molar-refractivity contribution in [2.75, 3.05) is 16.6 Å². The Kier molecular flexibility index (Phi) is 5.05. The Bertz CT molecular complexity index is 774. The van der Waals surface area contributed by atoms with Crippen molar-refractivity contribution in [2.45, 2.75) is 11.8 Å². The number of benzene rings is 1. The number of aryl methyl sites for hydroxylation is 1. The van der Waals surface area contributed by atoms with Gasteiger partial charge in [-0.1, -0.05) is 17.7 Å². The van der Waals surface area contributed by atoms with Crippen molar-refractivity contribution in [1.29, 1.82) is 0 Å². The third-order valence-corrected chi connectivity index (χ3v) is 4.69. The highest BCUT2D eigenvalue weighted by atomic mass is 35.5. The molecule has 7 heteroatoms. The van der Waals surface area contributed by atoms with Gasteiger partial charge in [-0.05, 0) is 42.8 Å². The maximum absolute atomic E-state index is 12.3. The minimum atomic E-state index is -3.67. The van der Waals surface area contributed by atoms with Gasteiger partial charge in [0.15, 0.2) is 0 Å². The van der Waals surface area contributed by atoms with E-state index in [1.54, 1.807) is 31.2 Å². The van der Waals surface area contributed by atoms with E-state index in [9.17, 15) is 8.42 Å². The van der Waals surface area contributed by atoms with Crippen molar-refractivity contribution in [3.8, 4) is 0 Å². The first-order valence-electron chi connectivity index (χ1n) is 6.52. The quantitative estimate of drug-likeness (QED) is 0.792. The van der Waals surface area contributed by atoms with Gasteiger partial charge in [-0.15, -0.1) is 6.58 Å². The number of sulfonamides is 1. The lowest BCUT2D eigenvalue weighted by Crippen LogP contribution is -2.13. The minimum absolute atomic E-state index is 0.156. The molecule has 0 fully saturated rings. The molecule has 116 valence electrons. The number of nitrogens with zero attached hydrogens (tertiary/aromatic N) is 1. The van der Waals surface area contributed by atoms with Gasteiger partial charge in [-0.3, -0.25) is 4.72 Å². The molecule has 0 bridgehead atoms. The Balaban J connectivity index is 2.17. The summed E-state index contributed by atoms with van der Waals surface area (Å²) in [7, 11) is -3.67. The maximum Gasteiger partial charge on any atom is 0.261 e. The van der Waals surface area contributed by atoms with E-state index >= 15 is 0 Å². The number of nitrogens with one attached hydrogen (secondary N) is 2. The van der Waals surface area contributed by atoms with E-state index in [2.05, 4.69) is 21.6 Å². The van der Waals surface area contributed by atoms with Crippen molar-refractivity contribution < 1.29 is 8.42 Å². The van der Waals surface area contributed by atoms with Gasteiger partial charge in [-0.25, -0.2) is 13.4 Å². The molecule has 2 rings (SSSR count). The monoisotopic (exact) mass is 337 g/mol. The lowest BCUT2D eigenvalue weighted by atomic mass is 10.2. The number of halogens is 1. The zero-order valence-corrected chi connectivity index (χ0v) is 13.6. The molecule has 1 aromatic carbocycles. The third-order valence-electron chi connectivity index (χ3n) is 2.88. The Morgan fingerprint density at radius 1 is 1.32 bits per heavy atom. The fourth-order valence-electron chi connectivity index (χ4n) is 1.73. The summed E-state index contributed by atoms with van der Waals surface area (Å²) < 4.78 is 27.1. The standard InChI is InChI=1S/C15H16ClN3O2S/c1-3-8-17-15-7-4-12(10-18-15)19-22(20,21)13-5-6-14(16)11(2)9-13/h3-7,9-10,19H,1,8H2,2H3,(H,17,18). The molecule has 22 heavy (non-hydrogen) atoms. The molecule has 0 saturated heterocycles. The SMILES string of the molecule is C=CCNc1ccc(NS(=O)(=O)c2ccc(Cl)c(C)c2)cn1. The summed E-state index contributed by atoms with van der Waals surface area (Å²) >= 11 is 5.91. The first kappa shape index (κ1) is 16.3. The Morgan fingerprint density at radius 3 is 2.68 bits per heavy atom. The highest BCUT2D eigenvalue weighted by molar-refractivity contribution is 7.92. The van der Waals surface area contributed by atoms with Gasteiger partial charge in [0.1, 0.15) is 5.82 Å². The molecule has 5 nitrogen and oxygen atoms in total. The number of pyridine rings is 1. The smallest absolute Gasteiger partial charge is 0.261 e. The number of aromatic nitrogens is 1. The molecule has 2 aromatic rings. The van der Waals surface area contributed by atoms with E-state index in [-0.39, 0.29) is 4.90 Å². The zero-order valence-electron chi connectivity index (χ0n) is 12.0. The van der Waals surface area contributed by atoms with Crippen LogP contribution in [0.1, 0.15) is 5.56 Å². The van der Waals surface area contributed by atoms with Gasteiger partial charge in [0, 0.05) is 11.6 Å². The molecule has 0 spiro atoms. The lowest BCUT2D eigenvalue weighted by Gasteiger charge is -2.10. The topological polar surface area (TPSA) is 71.1 Å². The molecule has 1 aromatic heterocycles. The van der Waals surface area contributed by atoms with Gasteiger partial charge < -0.3 is 5.32 Å². The van der Waals surface area contributed by atoms with Crippen LogP contribution >= 0.6 is 11.6 Å². The van der Waals surface area contributed by atoms with Crippen molar-refractivity contribution in [3.05, 3.63) is 59.8 Å². The minimum Gasteiger partial charge on any atom is -0.367 e. The molecule has 0 aliphatic carbocycles. The molecule has 2 N–H and O–H groups in total. The van der Waals surface area contributed by atoms with Crippen LogP contribution in [-0.2, 0) is 10.0 Å². The number of anilines is 2. The predicted molar refractivity (Wildman–Crippen MR) is 89.9 cm³/mol. The normalized spacial score (nSPS) is 11.0. The van der Waals surface area contributed by atoms with Crippen LogP contribution in [0.4, 0.5) is 11.5 Å². The fourth-order valence-corrected chi connectivity index (χ4v) is 2.98. The van der Waals surface area contributed by atoms with Crippen LogP contribution in [0, 0.1) is 6.92 Å². The van der Waals surface area contributed by atoms with Crippen molar-refractivity contribution in [2.24, 2.45) is 0 Å². The van der Waals surface area contributed by atoms with E-state index in [4.69, 9.17) is 11.6 Å². The summed E-state index contributed by atoms with van der Waals surface area (Å²) in [4.78, 5) is 4.27. The van der Waals surface area contributed by atoms with E-state index in [0.717, 1.165) is 0 Å². The highest BCUT2D eigenvalue weighted by Gasteiger charge is 2.15. The molecule has 0 saturated carbocycles. The van der Waals surface area contributed by atoms with E-state index in [0.29, 0.717) is 28.6 Å². The second-order valence-electron chi connectivity index (χ2n) is 4.62. The van der Waals surface area contributed by atoms with Gasteiger partial charge >= 0.3 is 0 Å². The van der Waals surface area contributed by atoms with E-state index in [1.165, 1.54) is 18.3 Å². The van der Waals surface area contributed by atoms with Crippen LogP contribution in [0.5, 0.6) is 0 Å². The largest absolute Gasteiger partial charge is 0.367 e. The third kappa shape index (κ3) is 3.99. The molecule has 0 atom stereocenters. The summed E-state index contributed by atoms with van der Waals surface area (Å²) in [5.41, 5.74) is 1.09. The summed E-state index contributed by atoms with van der Waals surface area (Å²) in [5, 5.41) is 3.53. The maximum atomic E-state index is 12.3. The Labute approximate surface area is 135 Å². The molecule has 0 amide bonds. The fraction of sp³-hybridized carbons (Fsp3) is 0.133.